The Morgan fingerprint density at radius 3 is 2.81 bits per heavy atom. The van der Waals surface area contributed by atoms with Gasteiger partial charge in [-0.25, -0.2) is 9.97 Å². The number of anilines is 1. The minimum Gasteiger partial charge on any atom is -0.378 e. The summed E-state index contributed by atoms with van der Waals surface area (Å²) < 4.78 is 6.52. The van der Waals surface area contributed by atoms with Crippen molar-refractivity contribution in [2.45, 2.75) is 38.6 Å². The summed E-state index contributed by atoms with van der Waals surface area (Å²) in [5.74, 6) is 0.657. The Bertz CT molecular complexity index is 1150. The Labute approximate surface area is 190 Å². The number of morpholine rings is 1. The summed E-state index contributed by atoms with van der Waals surface area (Å²) in [6.07, 6.45) is 2.59. The third kappa shape index (κ3) is 4.14. The number of hydrogen-bond donors (Lipinski definition) is 1. The molecule has 3 aromatic rings. The Morgan fingerprint density at radius 2 is 2.03 bits per heavy atom. The van der Waals surface area contributed by atoms with Gasteiger partial charge < -0.3 is 14.5 Å². The number of H-pyrrole nitrogens is 1. The van der Waals surface area contributed by atoms with Crippen molar-refractivity contribution in [1.82, 2.24) is 19.9 Å². The van der Waals surface area contributed by atoms with Gasteiger partial charge in [0, 0.05) is 37.3 Å². The number of thiazole rings is 1. The first kappa shape index (κ1) is 21.1. The first-order valence-electron chi connectivity index (χ1n) is 11.2. The first-order valence-corrected chi connectivity index (χ1v) is 12.0. The van der Waals surface area contributed by atoms with E-state index < -0.39 is 0 Å². The van der Waals surface area contributed by atoms with Crippen LogP contribution in [0.3, 0.4) is 0 Å². The summed E-state index contributed by atoms with van der Waals surface area (Å²) in [6, 6.07) is 8.11. The maximum atomic E-state index is 13.1. The van der Waals surface area contributed by atoms with Gasteiger partial charge in [0.2, 0.25) is 11.9 Å². The van der Waals surface area contributed by atoms with Crippen LogP contribution < -0.4 is 10.5 Å². The zero-order chi connectivity index (χ0) is 22.1. The minimum absolute atomic E-state index is 0.0288. The van der Waals surface area contributed by atoms with Crippen LogP contribution in [0.5, 0.6) is 0 Å². The monoisotopic (exact) mass is 453 g/mol. The predicted octanol–water partition coefficient (Wildman–Crippen LogP) is 2.82. The van der Waals surface area contributed by atoms with Crippen molar-refractivity contribution in [1.29, 1.82) is 0 Å². The van der Waals surface area contributed by atoms with Crippen molar-refractivity contribution < 1.29 is 9.53 Å². The molecule has 2 saturated heterocycles. The molecule has 9 heteroatoms. The second-order valence-electron chi connectivity index (χ2n) is 8.32. The zero-order valence-electron chi connectivity index (χ0n) is 18.2. The molecular weight excluding hydrogens is 426 g/mol. The molecule has 168 valence electrons. The van der Waals surface area contributed by atoms with Gasteiger partial charge in [0.1, 0.15) is 5.01 Å². The molecule has 1 amide bonds. The number of nitrogens with one attached hydrogen (secondary N) is 1. The maximum Gasteiger partial charge on any atom is 0.255 e. The molecule has 1 atom stereocenters. The van der Waals surface area contributed by atoms with Crippen LogP contribution in [0.4, 0.5) is 5.95 Å². The van der Waals surface area contributed by atoms with Crippen LogP contribution in [0.1, 0.15) is 41.6 Å². The van der Waals surface area contributed by atoms with Crippen molar-refractivity contribution >= 4 is 33.4 Å². The SMILES string of the molecule is Cc1nc(N2CCOCC2)[nH]c(=O)c1CCC(=O)N1CCCC1c1nc2ccccc2s1. The molecule has 32 heavy (non-hydrogen) atoms. The molecule has 0 saturated carbocycles. The Morgan fingerprint density at radius 1 is 1.22 bits per heavy atom. The highest BCUT2D eigenvalue weighted by Crippen LogP contribution is 2.36. The second-order valence-corrected chi connectivity index (χ2v) is 9.38. The van der Waals surface area contributed by atoms with Gasteiger partial charge in [-0.2, -0.15) is 0 Å². The van der Waals surface area contributed by atoms with E-state index in [1.165, 1.54) is 0 Å². The smallest absolute Gasteiger partial charge is 0.255 e. The number of carbonyl (C=O) groups excluding carboxylic acids is 1. The lowest BCUT2D eigenvalue weighted by Gasteiger charge is -2.27. The highest BCUT2D eigenvalue weighted by atomic mass is 32.1. The van der Waals surface area contributed by atoms with E-state index >= 15 is 0 Å². The average molecular weight is 454 g/mol. The van der Waals surface area contributed by atoms with E-state index in [9.17, 15) is 9.59 Å². The van der Waals surface area contributed by atoms with E-state index in [-0.39, 0.29) is 17.5 Å². The van der Waals surface area contributed by atoms with E-state index in [1.54, 1.807) is 11.3 Å². The molecule has 4 heterocycles. The molecule has 0 aliphatic carbocycles. The average Bonchev–Trinajstić information content (AvgIpc) is 3.46. The highest BCUT2D eigenvalue weighted by molar-refractivity contribution is 7.18. The normalized spacial score (nSPS) is 19.1. The standard InChI is InChI=1S/C23H27N5O3S/c1-15-16(21(30)26-23(24-15)27-11-13-31-14-12-27)8-9-20(29)28-10-4-6-18(28)22-25-17-5-2-3-7-19(17)32-22/h2-3,5,7,18H,4,6,8-14H2,1H3,(H,24,26,30). The topological polar surface area (TPSA) is 91.4 Å². The fourth-order valence-corrected chi connectivity index (χ4v) is 5.66. The number of benzene rings is 1. The maximum absolute atomic E-state index is 13.1. The van der Waals surface area contributed by atoms with Crippen LogP contribution in [0, 0.1) is 6.92 Å². The molecule has 5 rings (SSSR count). The molecule has 1 aromatic carbocycles. The number of nitrogens with zero attached hydrogens (tertiary/aromatic N) is 4. The summed E-state index contributed by atoms with van der Waals surface area (Å²) in [6.45, 7) is 5.27. The van der Waals surface area contributed by atoms with Crippen LogP contribution in [-0.4, -0.2) is 58.6 Å². The molecule has 2 fully saturated rings. The second kappa shape index (κ2) is 8.99. The van der Waals surface area contributed by atoms with Crippen LogP contribution in [0.25, 0.3) is 10.2 Å². The number of carbonyl (C=O) groups is 1. The van der Waals surface area contributed by atoms with Crippen molar-refractivity contribution in [2.75, 3.05) is 37.7 Å². The number of aromatic amines is 1. The number of amides is 1. The van der Waals surface area contributed by atoms with Gasteiger partial charge >= 0.3 is 0 Å². The van der Waals surface area contributed by atoms with Crippen molar-refractivity contribution in [3.05, 3.63) is 50.9 Å². The van der Waals surface area contributed by atoms with Crippen LogP contribution in [0.2, 0.25) is 0 Å². The number of ether oxygens (including phenoxy) is 1. The molecule has 0 bridgehead atoms. The fourth-order valence-electron chi connectivity index (χ4n) is 4.54. The molecule has 8 nitrogen and oxygen atoms in total. The molecule has 1 N–H and O–H groups in total. The third-order valence-electron chi connectivity index (χ3n) is 6.28. The van der Waals surface area contributed by atoms with Gasteiger partial charge in [0.15, 0.2) is 0 Å². The Balaban J connectivity index is 1.28. The zero-order valence-corrected chi connectivity index (χ0v) is 19.0. The molecule has 0 spiro atoms. The number of rotatable bonds is 5. The molecule has 1 unspecified atom stereocenters. The van der Waals surface area contributed by atoms with Crippen molar-refractivity contribution in [3.8, 4) is 0 Å². The quantitative estimate of drug-likeness (QED) is 0.639. The first-order chi connectivity index (χ1) is 15.6. The molecule has 2 aromatic heterocycles. The lowest BCUT2D eigenvalue weighted by molar-refractivity contribution is -0.132. The van der Waals surface area contributed by atoms with E-state index in [4.69, 9.17) is 9.72 Å². The van der Waals surface area contributed by atoms with Gasteiger partial charge in [-0.15, -0.1) is 11.3 Å². The lowest BCUT2D eigenvalue weighted by Crippen LogP contribution is -2.38. The summed E-state index contributed by atoms with van der Waals surface area (Å²) in [5.41, 5.74) is 2.11. The van der Waals surface area contributed by atoms with Gasteiger partial charge in [-0.3, -0.25) is 14.6 Å². The lowest BCUT2D eigenvalue weighted by atomic mass is 10.1. The number of aromatic nitrogens is 3. The number of aryl methyl sites for hydroxylation is 1. The molecule has 2 aliphatic rings. The summed E-state index contributed by atoms with van der Waals surface area (Å²) in [5, 5.41) is 1.00. The number of hydrogen-bond acceptors (Lipinski definition) is 7. The van der Waals surface area contributed by atoms with E-state index in [2.05, 4.69) is 16.0 Å². The number of fused-ring (bicyclic) bond motifs is 1. The van der Waals surface area contributed by atoms with Crippen molar-refractivity contribution in [2.24, 2.45) is 0 Å². The van der Waals surface area contributed by atoms with Crippen LogP contribution in [0.15, 0.2) is 29.1 Å². The number of para-hydroxylation sites is 1. The van der Waals surface area contributed by atoms with E-state index in [0.717, 1.165) is 34.6 Å². The molecule has 2 aliphatic heterocycles. The molecular formula is C23H27N5O3S. The van der Waals surface area contributed by atoms with E-state index in [1.807, 2.05) is 34.9 Å². The number of likely N-dealkylation sites (tertiary alicyclic amines) is 1. The minimum atomic E-state index is -0.157. The van der Waals surface area contributed by atoms with Crippen LogP contribution >= 0.6 is 11.3 Å². The van der Waals surface area contributed by atoms with Crippen molar-refractivity contribution in [3.63, 3.8) is 0 Å². The summed E-state index contributed by atoms with van der Waals surface area (Å²) in [4.78, 5) is 42.1. The Kier molecular flexibility index (Phi) is 5.93. The third-order valence-corrected chi connectivity index (χ3v) is 7.42. The van der Waals surface area contributed by atoms with E-state index in [0.29, 0.717) is 56.4 Å². The fraction of sp³-hybridized carbons (Fsp3) is 0.478. The van der Waals surface area contributed by atoms with Gasteiger partial charge in [-0.05, 0) is 38.3 Å². The highest BCUT2D eigenvalue weighted by Gasteiger charge is 2.32. The largest absolute Gasteiger partial charge is 0.378 e. The summed E-state index contributed by atoms with van der Waals surface area (Å²) >= 11 is 1.67. The summed E-state index contributed by atoms with van der Waals surface area (Å²) in [7, 11) is 0. The van der Waals surface area contributed by atoms with Gasteiger partial charge in [-0.1, -0.05) is 12.1 Å². The molecule has 0 radical (unpaired) electrons. The predicted molar refractivity (Wildman–Crippen MR) is 124 cm³/mol. The van der Waals surface area contributed by atoms with Gasteiger partial charge in [0.25, 0.3) is 5.56 Å². The Hall–Kier alpha value is -2.78. The van der Waals surface area contributed by atoms with Gasteiger partial charge in [0.05, 0.1) is 29.5 Å². The van der Waals surface area contributed by atoms with Crippen LogP contribution in [-0.2, 0) is 16.0 Å².